The molecule has 2 aliphatic rings. The number of benzene rings is 2. The largest absolute Gasteiger partial charge is 0.493 e. The number of ether oxygens (including phenoxy) is 2. The molecular weight excluding hydrogens is 414 g/mol. The van der Waals surface area contributed by atoms with Gasteiger partial charge in [0.15, 0.2) is 5.78 Å². The Labute approximate surface area is 184 Å². The first kappa shape index (κ1) is 21.8. The molecule has 1 atom stereocenters. The number of aryl methyl sites for hydroxylation is 1. The average molecular weight is 444 g/mol. The van der Waals surface area contributed by atoms with E-state index in [-0.39, 0.29) is 16.7 Å². The van der Waals surface area contributed by atoms with E-state index in [9.17, 15) is 13.2 Å². The van der Waals surface area contributed by atoms with E-state index in [0.29, 0.717) is 29.5 Å². The number of anilines is 1. The smallest absolute Gasteiger partial charge is 0.264 e. The SMILES string of the molecule is CC(=O)c1cc(S(=O)(=O)N2c3ccccc3CC[C@@H]2C)ccc1OCC1CCOCC1. The zero-order valence-electron chi connectivity index (χ0n) is 18.0. The van der Waals surface area contributed by atoms with Crippen LogP contribution in [0.5, 0.6) is 5.75 Å². The predicted molar refractivity (Wildman–Crippen MR) is 119 cm³/mol. The molecular formula is C24H29NO5S. The van der Waals surface area contributed by atoms with Gasteiger partial charge in [-0.15, -0.1) is 0 Å². The van der Waals surface area contributed by atoms with Gasteiger partial charge in [0.1, 0.15) is 5.75 Å². The number of fused-ring (bicyclic) bond motifs is 1. The fourth-order valence-corrected chi connectivity index (χ4v) is 6.08. The lowest BCUT2D eigenvalue weighted by molar-refractivity contribution is 0.0495. The number of carbonyl (C=O) groups excluding carboxylic acids is 1. The summed E-state index contributed by atoms with van der Waals surface area (Å²) in [5.74, 6) is 0.596. The molecule has 7 heteroatoms. The van der Waals surface area contributed by atoms with Gasteiger partial charge in [0.2, 0.25) is 0 Å². The van der Waals surface area contributed by atoms with Gasteiger partial charge in [-0.1, -0.05) is 18.2 Å². The maximum atomic E-state index is 13.6. The molecule has 4 rings (SSSR count). The summed E-state index contributed by atoms with van der Waals surface area (Å²) >= 11 is 0. The summed E-state index contributed by atoms with van der Waals surface area (Å²) in [6, 6.07) is 12.1. The summed E-state index contributed by atoms with van der Waals surface area (Å²) in [6.45, 7) is 5.30. The molecule has 0 bridgehead atoms. The second-order valence-electron chi connectivity index (χ2n) is 8.40. The van der Waals surface area contributed by atoms with Gasteiger partial charge in [-0.05, 0) is 75.3 Å². The Hall–Kier alpha value is -2.38. The number of ketones is 1. The lowest BCUT2D eigenvalue weighted by atomic mass is 9.99. The van der Waals surface area contributed by atoms with Crippen LogP contribution >= 0.6 is 0 Å². The predicted octanol–water partition coefficient (Wildman–Crippen LogP) is 4.22. The zero-order chi connectivity index (χ0) is 22.0. The van der Waals surface area contributed by atoms with Gasteiger partial charge in [0.05, 0.1) is 22.8 Å². The van der Waals surface area contributed by atoms with E-state index in [1.165, 1.54) is 17.3 Å². The maximum absolute atomic E-state index is 13.6. The Kier molecular flexibility index (Phi) is 6.34. The molecule has 1 fully saturated rings. The van der Waals surface area contributed by atoms with Crippen LogP contribution in [-0.2, 0) is 21.2 Å². The third kappa shape index (κ3) is 4.48. The first-order chi connectivity index (χ1) is 14.9. The number of Topliss-reactive ketones (excluding diaryl/α,β-unsaturated/α-hetero) is 1. The van der Waals surface area contributed by atoms with Crippen LogP contribution in [0.15, 0.2) is 47.4 Å². The van der Waals surface area contributed by atoms with E-state index >= 15 is 0 Å². The fraction of sp³-hybridized carbons (Fsp3) is 0.458. The van der Waals surface area contributed by atoms with Crippen LogP contribution < -0.4 is 9.04 Å². The lowest BCUT2D eigenvalue weighted by Gasteiger charge is -2.36. The highest BCUT2D eigenvalue weighted by Gasteiger charge is 2.34. The van der Waals surface area contributed by atoms with Crippen LogP contribution in [-0.4, -0.2) is 40.1 Å². The Balaban J connectivity index is 1.64. The number of hydrogen-bond donors (Lipinski definition) is 0. The van der Waals surface area contributed by atoms with Crippen molar-refractivity contribution < 1.29 is 22.7 Å². The number of para-hydroxylation sites is 1. The molecule has 0 aromatic heterocycles. The van der Waals surface area contributed by atoms with E-state index in [1.54, 1.807) is 12.1 Å². The third-order valence-corrected chi connectivity index (χ3v) is 8.09. The number of sulfonamides is 1. The molecule has 0 unspecified atom stereocenters. The summed E-state index contributed by atoms with van der Waals surface area (Å²) in [7, 11) is -3.82. The minimum atomic E-state index is -3.82. The highest BCUT2D eigenvalue weighted by Crippen LogP contribution is 2.36. The number of carbonyl (C=O) groups is 1. The molecule has 0 saturated carbocycles. The van der Waals surface area contributed by atoms with Gasteiger partial charge in [0.25, 0.3) is 10.0 Å². The Morgan fingerprint density at radius 3 is 2.61 bits per heavy atom. The average Bonchev–Trinajstić information content (AvgIpc) is 2.77. The minimum absolute atomic E-state index is 0.111. The van der Waals surface area contributed by atoms with Crippen molar-refractivity contribution in [1.82, 2.24) is 0 Å². The van der Waals surface area contributed by atoms with Crippen molar-refractivity contribution >= 4 is 21.5 Å². The molecule has 31 heavy (non-hydrogen) atoms. The highest BCUT2D eigenvalue weighted by atomic mass is 32.2. The normalized spacial score (nSPS) is 19.7. The quantitative estimate of drug-likeness (QED) is 0.625. The summed E-state index contributed by atoms with van der Waals surface area (Å²) in [6.07, 6.45) is 3.45. The molecule has 0 amide bonds. The van der Waals surface area contributed by atoms with Crippen molar-refractivity contribution in [2.45, 2.75) is 50.5 Å². The minimum Gasteiger partial charge on any atom is -0.493 e. The molecule has 0 spiro atoms. The molecule has 1 saturated heterocycles. The molecule has 2 aromatic rings. The second-order valence-corrected chi connectivity index (χ2v) is 10.2. The van der Waals surface area contributed by atoms with Crippen LogP contribution in [0.3, 0.4) is 0 Å². The third-order valence-electron chi connectivity index (χ3n) is 6.16. The van der Waals surface area contributed by atoms with E-state index in [2.05, 4.69) is 0 Å². The van der Waals surface area contributed by atoms with Gasteiger partial charge in [0, 0.05) is 19.3 Å². The van der Waals surface area contributed by atoms with Crippen molar-refractivity contribution in [3.8, 4) is 5.75 Å². The first-order valence-electron chi connectivity index (χ1n) is 10.9. The second kappa shape index (κ2) is 9.01. The zero-order valence-corrected chi connectivity index (χ0v) is 18.9. The number of rotatable bonds is 6. The molecule has 6 nitrogen and oxygen atoms in total. The highest BCUT2D eigenvalue weighted by molar-refractivity contribution is 7.92. The van der Waals surface area contributed by atoms with Crippen LogP contribution in [0.1, 0.15) is 49.0 Å². The molecule has 2 heterocycles. The Morgan fingerprint density at radius 1 is 1.13 bits per heavy atom. The van der Waals surface area contributed by atoms with E-state index in [4.69, 9.17) is 9.47 Å². The molecule has 166 valence electrons. The van der Waals surface area contributed by atoms with Crippen molar-refractivity contribution in [2.75, 3.05) is 24.1 Å². The molecule has 0 radical (unpaired) electrons. The van der Waals surface area contributed by atoms with Crippen molar-refractivity contribution in [2.24, 2.45) is 5.92 Å². The van der Waals surface area contributed by atoms with Crippen LogP contribution in [0.2, 0.25) is 0 Å². The van der Waals surface area contributed by atoms with Gasteiger partial charge >= 0.3 is 0 Å². The summed E-state index contributed by atoms with van der Waals surface area (Å²) in [4.78, 5) is 12.4. The van der Waals surface area contributed by atoms with E-state index < -0.39 is 10.0 Å². The molecule has 2 aromatic carbocycles. The maximum Gasteiger partial charge on any atom is 0.264 e. The van der Waals surface area contributed by atoms with Crippen molar-refractivity contribution in [3.05, 3.63) is 53.6 Å². The summed E-state index contributed by atoms with van der Waals surface area (Å²) in [5, 5.41) is 0. The van der Waals surface area contributed by atoms with Gasteiger partial charge < -0.3 is 9.47 Å². The van der Waals surface area contributed by atoms with E-state index in [0.717, 1.165) is 44.5 Å². The summed E-state index contributed by atoms with van der Waals surface area (Å²) < 4.78 is 40.0. The summed E-state index contributed by atoms with van der Waals surface area (Å²) in [5.41, 5.74) is 2.03. The van der Waals surface area contributed by atoms with Crippen LogP contribution in [0.25, 0.3) is 0 Å². The number of hydrogen-bond acceptors (Lipinski definition) is 5. The fourth-order valence-electron chi connectivity index (χ4n) is 4.33. The van der Waals surface area contributed by atoms with Crippen molar-refractivity contribution in [1.29, 1.82) is 0 Å². The van der Waals surface area contributed by atoms with Crippen LogP contribution in [0.4, 0.5) is 5.69 Å². The van der Waals surface area contributed by atoms with Crippen molar-refractivity contribution in [3.63, 3.8) is 0 Å². The Morgan fingerprint density at radius 2 is 1.87 bits per heavy atom. The topological polar surface area (TPSA) is 72.9 Å². The van der Waals surface area contributed by atoms with Crippen LogP contribution in [0, 0.1) is 5.92 Å². The molecule has 0 N–H and O–H groups in total. The number of nitrogens with zero attached hydrogens (tertiary/aromatic N) is 1. The van der Waals surface area contributed by atoms with E-state index in [1.807, 2.05) is 31.2 Å². The van der Waals surface area contributed by atoms with Gasteiger partial charge in [-0.25, -0.2) is 8.42 Å². The van der Waals surface area contributed by atoms with Gasteiger partial charge in [-0.3, -0.25) is 9.10 Å². The Bertz CT molecular complexity index is 1060. The molecule has 0 aliphatic carbocycles. The standard InChI is InChI=1S/C24H29NO5S/c1-17-7-8-20-5-3-4-6-23(20)25(17)31(27,28)21-9-10-24(22(15-21)18(2)26)30-16-19-11-13-29-14-12-19/h3-6,9-10,15,17,19H,7-8,11-14,16H2,1-2H3/t17-/m0/s1. The van der Waals surface area contributed by atoms with Gasteiger partial charge in [-0.2, -0.15) is 0 Å². The first-order valence-corrected chi connectivity index (χ1v) is 12.3. The lowest BCUT2D eigenvalue weighted by Crippen LogP contribution is -2.42. The monoisotopic (exact) mass is 443 g/mol. The molecule has 2 aliphatic heterocycles.